The summed E-state index contributed by atoms with van der Waals surface area (Å²) >= 11 is 17.7. The summed E-state index contributed by atoms with van der Waals surface area (Å²) in [5, 5.41) is 11.6. The fourth-order valence-electron chi connectivity index (χ4n) is 11.5. The quantitative estimate of drug-likeness (QED) is 0.0717. The van der Waals surface area contributed by atoms with Crippen LogP contribution in [0.1, 0.15) is 68.9 Å². The number of carbonyl (C=O) groups is 5. The largest absolute Gasteiger partial charge is 0.457 e. The van der Waals surface area contributed by atoms with Gasteiger partial charge in [-0.25, -0.2) is 14.4 Å². The Morgan fingerprint density at radius 2 is 0.617 bits per heavy atom. The van der Waals surface area contributed by atoms with Crippen molar-refractivity contribution < 1.29 is 57.5 Å². The summed E-state index contributed by atoms with van der Waals surface area (Å²) in [5.74, 6) is 3.11. The van der Waals surface area contributed by atoms with E-state index in [-0.39, 0.29) is 31.4 Å². The average molecular weight is 1310 g/mol. The molecule has 0 spiro atoms. The molecule has 472 valence electrons. The van der Waals surface area contributed by atoms with Gasteiger partial charge in [-0.3, -0.25) is 29.2 Å². The molecule has 3 saturated heterocycles. The van der Waals surface area contributed by atoms with Crippen LogP contribution in [0.25, 0.3) is 0 Å². The molecule has 10 aromatic rings. The zero-order valence-corrected chi connectivity index (χ0v) is 52.5. The molecule has 1 N–H and O–H groups in total. The molecule has 0 aromatic heterocycles. The first-order valence-electron chi connectivity index (χ1n) is 30.1. The number of aliphatic hydroxyl groups excluding tert-OH is 1. The Morgan fingerprint density at radius 3 is 0.926 bits per heavy atom. The second-order valence-corrected chi connectivity index (χ2v) is 23.3. The van der Waals surface area contributed by atoms with Crippen molar-refractivity contribution >= 4 is 82.0 Å². The number of rotatable bonds is 16. The summed E-state index contributed by atoms with van der Waals surface area (Å²) in [6, 6.07) is 77.5. The molecule has 19 heteroatoms. The number of hydrogen-bond acceptors (Lipinski definition) is 12. The first-order chi connectivity index (χ1) is 45.8. The van der Waals surface area contributed by atoms with E-state index in [9.17, 15) is 29.1 Å². The normalized spacial score (nSPS) is 18.7. The SMILES string of the molecule is CC[C@@H]1OC(=O)N(c2ccc(Oc3ccc(Cl)cc3)cc2)[C@H]1c1ccccc1.O=C1O[C@@H](CO)[C@H](c2ccccc2)N1c1ccc(Oc2ccc(Cl)cc2)cc1.O=C1c2ccccc2C(=O)N1C[C@@H]1OC(=O)N(c2ccc(Oc3ccc(Cl)cc3)cc2)[C@H]1c1ccccc1. The lowest BCUT2D eigenvalue weighted by atomic mass is 9.98. The van der Waals surface area contributed by atoms with Crippen molar-refractivity contribution in [2.75, 3.05) is 27.9 Å². The molecule has 10 aromatic carbocycles. The molecule has 0 unspecified atom stereocenters. The molecule has 0 bridgehead atoms. The van der Waals surface area contributed by atoms with Gasteiger partial charge in [-0.05, 0) is 181 Å². The number of cyclic esters (lactones) is 3. The number of amides is 5. The highest BCUT2D eigenvalue weighted by Crippen LogP contribution is 2.43. The van der Waals surface area contributed by atoms with Gasteiger partial charge in [0.05, 0.1) is 24.3 Å². The molecule has 0 saturated carbocycles. The van der Waals surface area contributed by atoms with E-state index >= 15 is 0 Å². The summed E-state index contributed by atoms with van der Waals surface area (Å²) in [4.78, 5) is 70.3. The second-order valence-electron chi connectivity index (χ2n) is 22.0. The Morgan fingerprint density at radius 1 is 0.351 bits per heavy atom. The number of benzene rings is 10. The van der Waals surface area contributed by atoms with Crippen LogP contribution < -0.4 is 28.9 Å². The van der Waals surface area contributed by atoms with Gasteiger partial charge in [0.2, 0.25) is 0 Å². The molecule has 94 heavy (non-hydrogen) atoms. The lowest BCUT2D eigenvalue weighted by molar-refractivity contribution is 0.0532. The maximum Gasteiger partial charge on any atom is 0.415 e. The first kappa shape index (κ1) is 63.5. The van der Waals surface area contributed by atoms with Crippen molar-refractivity contribution in [1.29, 1.82) is 0 Å². The zero-order chi connectivity index (χ0) is 65.2. The molecular weight excluding hydrogens is 1260 g/mol. The van der Waals surface area contributed by atoms with Crippen LogP contribution in [0.2, 0.25) is 15.1 Å². The van der Waals surface area contributed by atoms with E-state index in [1.807, 2.05) is 134 Å². The minimum atomic E-state index is -0.767. The van der Waals surface area contributed by atoms with Crippen LogP contribution in [0.4, 0.5) is 31.4 Å². The standard InChI is InChI=1S/C30H21ClN2O5.C23H20ClNO3.C22H18ClNO4/c31-20-10-14-22(15-11-20)37-23-16-12-21(13-17-23)33-27(19-6-2-1-3-7-19)26(38-30(33)36)18-32-28(34)24-8-4-5-9-25(24)29(32)35;1-2-21-22(16-6-4-3-5-7-16)25(23(26)28-21)18-10-14-20(15-11-18)27-19-12-8-17(24)9-13-19;23-16-6-10-18(11-7-16)27-19-12-8-17(9-13-19)24-21(15-4-2-1-3-5-15)20(14-25)28-22(24)26/h1-17,26-27H,18H2;3-15,21-22H,2H2,1H3;1-13,20-21,25H,14H2/t26-,27-;21-,22-;20-,21-/m000/s1. The molecular formula is C75H59Cl3N4O12. The van der Waals surface area contributed by atoms with Crippen LogP contribution in [0.3, 0.4) is 0 Å². The van der Waals surface area contributed by atoms with Crippen LogP contribution in [0, 0.1) is 0 Å². The first-order valence-corrected chi connectivity index (χ1v) is 31.2. The number of anilines is 3. The Labute approximate surface area is 557 Å². The average Bonchev–Trinajstić information content (AvgIpc) is 1.62. The fourth-order valence-corrected chi connectivity index (χ4v) is 11.9. The van der Waals surface area contributed by atoms with Crippen molar-refractivity contribution in [2.45, 2.75) is 49.8 Å². The highest BCUT2D eigenvalue weighted by Gasteiger charge is 2.48. The maximum absolute atomic E-state index is 13.2. The number of carbonyl (C=O) groups excluding carboxylic acids is 5. The third-order valence-corrected chi connectivity index (χ3v) is 16.7. The molecule has 14 rings (SSSR count). The molecule has 0 aliphatic carbocycles. The van der Waals surface area contributed by atoms with Crippen molar-refractivity contribution in [2.24, 2.45) is 0 Å². The minimum absolute atomic E-state index is 0.0636. The van der Waals surface area contributed by atoms with Gasteiger partial charge < -0.3 is 33.5 Å². The van der Waals surface area contributed by atoms with Gasteiger partial charge >= 0.3 is 18.3 Å². The number of aliphatic hydroxyl groups is 1. The Kier molecular flexibility index (Phi) is 19.5. The number of imide groups is 1. The lowest BCUT2D eigenvalue weighted by Gasteiger charge is -2.27. The molecule has 16 nitrogen and oxygen atoms in total. The Balaban J connectivity index is 0.000000138. The fraction of sp³-hybridized carbons (Fsp3) is 0.133. The van der Waals surface area contributed by atoms with E-state index in [0.717, 1.165) is 33.7 Å². The Bertz CT molecular complexity index is 4080. The topological polar surface area (TPSA) is 174 Å². The van der Waals surface area contributed by atoms with Gasteiger partial charge in [-0.1, -0.05) is 145 Å². The van der Waals surface area contributed by atoms with E-state index in [1.165, 1.54) is 0 Å². The maximum atomic E-state index is 13.2. The third-order valence-electron chi connectivity index (χ3n) is 16.0. The smallest absolute Gasteiger partial charge is 0.415 e. The zero-order valence-electron chi connectivity index (χ0n) is 50.3. The molecule has 3 fully saturated rings. The number of ether oxygens (including phenoxy) is 6. The van der Waals surface area contributed by atoms with Crippen LogP contribution in [-0.2, 0) is 14.2 Å². The van der Waals surface area contributed by atoms with Gasteiger partial charge in [-0.15, -0.1) is 0 Å². The molecule has 4 aliphatic heterocycles. The summed E-state index contributed by atoms with van der Waals surface area (Å²) < 4.78 is 34.3. The van der Waals surface area contributed by atoms with Crippen molar-refractivity contribution in [3.8, 4) is 34.5 Å². The van der Waals surface area contributed by atoms with E-state index < -0.39 is 48.3 Å². The van der Waals surface area contributed by atoms with E-state index in [0.29, 0.717) is 72.1 Å². The van der Waals surface area contributed by atoms with Gasteiger partial charge in [0.25, 0.3) is 11.8 Å². The Hall–Kier alpha value is -10.6. The summed E-state index contributed by atoms with van der Waals surface area (Å²) in [6.07, 6.45) is -2.20. The van der Waals surface area contributed by atoms with E-state index in [4.69, 9.17) is 63.2 Å². The van der Waals surface area contributed by atoms with Crippen molar-refractivity contribution in [3.05, 3.63) is 304 Å². The molecule has 4 aliphatic rings. The van der Waals surface area contributed by atoms with E-state index in [2.05, 4.69) is 0 Å². The molecule has 0 radical (unpaired) electrons. The summed E-state index contributed by atoms with van der Waals surface area (Å²) in [5.41, 5.74) is 5.52. The number of halogens is 3. The van der Waals surface area contributed by atoms with Gasteiger partial charge in [-0.2, -0.15) is 0 Å². The number of hydrogen-bond donors (Lipinski definition) is 1. The predicted molar refractivity (Wildman–Crippen MR) is 359 cm³/mol. The number of nitrogens with zero attached hydrogens (tertiary/aromatic N) is 4. The summed E-state index contributed by atoms with van der Waals surface area (Å²) in [6.45, 7) is 1.71. The highest BCUT2D eigenvalue weighted by molar-refractivity contribution is 6.31. The van der Waals surface area contributed by atoms with Crippen molar-refractivity contribution in [3.63, 3.8) is 0 Å². The third kappa shape index (κ3) is 14.2. The minimum Gasteiger partial charge on any atom is -0.457 e. The predicted octanol–water partition coefficient (Wildman–Crippen LogP) is 18.3. The van der Waals surface area contributed by atoms with Gasteiger partial charge in [0.1, 0.15) is 64.8 Å². The van der Waals surface area contributed by atoms with Crippen LogP contribution >= 0.6 is 34.8 Å². The monoisotopic (exact) mass is 1310 g/mol. The second kappa shape index (κ2) is 28.9. The van der Waals surface area contributed by atoms with Crippen molar-refractivity contribution in [1.82, 2.24) is 4.90 Å². The van der Waals surface area contributed by atoms with Crippen LogP contribution in [0.15, 0.2) is 261 Å². The van der Waals surface area contributed by atoms with E-state index in [1.54, 1.807) is 148 Å². The van der Waals surface area contributed by atoms with Gasteiger partial charge in [0, 0.05) is 32.1 Å². The highest BCUT2D eigenvalue weighted by atomic mass is 35.5. The van der Waals surface area contributed by atoms with Gasteiger partial charge in [0.15, 0.2) is 6.10 Å². The number of fused-ring (bicyclic) bond motifs is 1. The van der Waals surface area contributed by atoms with Crippen LogP contribution in [0.5, 0.6) is 34.5 Å². The molecule has 5 amide bonds. The van der Waals surface area contributed by atoms with Crippen LogP contribution in [-0.4, -0.2) is 71.6 Å². The molecule has 6 atom stereocenters. The summed E-state index contributed by atoms with van der Waals surface area (Å²) in [7, 11) is 0. The molecule has 4 heterocycles. The lowest BCUT2D eigenvalue weighted by Crippen LogP contribution is -2.40.